The molecule has 1 aromatic carbocycles. The fourth-order valence-corrected chi connectivity index (χ4v) is 6.85. The molecule has 1 unspecified atom stereocenters. The van der Waals surface area contributed by atoms with Crippen LogP contribution < -0.4 is 10.2 Å². The first-order chi connectivity index (χ1) is 17.7. The number of carbonyl (C=O) groups excluding carboxylic acids is 1. The summed E-state index contributed by atoms with van der Waals surface area (Å²) in [6.07, 6.45) is 7.51. The van der Waals surface area contributed by atoms with Crippen molar-refractivity contribution < 1.29 is 18.3 Å². The summed E-state index contributed by atoms with van der Waals surface area (Å²) in [6.45, 7) is 5.92. The summed E-state index contributed by atoms with van der Waals surface area (Å²) in [5.41, 5.74) is 4.85. The quantitative estimate of drug-likeness (QED) is 0.289. The second kappa shape index (κ2) is 9.37. The Morgan fingerprint density at radius 3 is 2.73 bits per heavy atom. The number of hydrogen-bond acceptors (Lipinski definition) is 4. The van der Waals surface area contributed by atoms with Crippen molar-refractivity contribution in [2.45, 2.75) is 30.1 Å². The highest BCUT2D eigenvalue weighted by molar-refractivity contribution is 14.1. The number of carbonyl (C=O) groups is 1. The van der Waals surface area contributed by atoms with Crippen LogP contribution in [0.3, 0.4) is 0 Å². The number of fused-ring (bicyclic) bond motifs is 1. The molecule has 3 aliphatic rings. The van der Waals surface area contributed by atoms with Crippen LogP contribution in [0.2, 0.25) is 0 Å². The van der Waals surface area contributed by atoms with Crippen LogP contribution in [0, 0.1) is 18.3 Å². The largest absolute Gasteiger partial charge is 0.378 e. The maximum atomic E-state index is 14.2. The number of aryl methyl sites for hydroxylation is 1. The summed E-state index contributed by atoms with van der Waals surface area (Å²) in [6, 6.07) is 7.81. The van der Waals surface area contributed by atoms with Crippen LogP contribution in [0.4, 0.5) is 25.0 Å². The molecule has 37 heavy (non-hydrogen) atoms. The van der Waals surface area contributed by atoms with E-state index in [-0.39, 0.29) is 11.9 Å². The van der Waals surface area contributed by atoms with Crippen LogP contribution in [-0.4, -0.2) is 63.6 Å². The molecule has 1 N–H and O–H groups in total. The van der Waals surface area contributed by atoms with Gasteiger partial charge in [-0.1, -0.05) is 6.07 Å². The molecule has 1 aliphatic carbocycles. The van der Waals surface area contributed by atoms with E-state index in [9.17, 15) is 13.6 Å². The van der Waals surface area contributed by atoms with Gasteiger partial charge in [0.05, 0.1) is 18.9 Å². The molecule has 1 atom stereocenters. The molecule has 3 aromatic rings. The van der Waals surface area contributed by atoms with Crippen LogP contribution in [-0.2, 0) is 4.74 Å². The number of urea groups is 1. The molecule has 0 radical (unpaired) electrons. The van der Waals surface area contributed by atoms with E-state index in [0.29, 0.717) is 51.3 Å². The average molecular weight is 621 g/mol. The van der Waals surface area contributed by atoms with E-state index in [0.717, 1.165) is 41.1 Å². The summed E-state index contributed by atoms with van der Waals surface area (Å²) in [4.78, 5) is 21.6. The Labute approximate surface area is 228 Å². The number of alkyl halides is 3. The lowest BCUT2D eigenvalue weighted by Gasteiger charge is -2.29. The third-order valence-electron chi connectivity index (χ3n) is 8.23. The van der Waals surface area contributed by atoms with Crippen molar-refractivity contribution in [2.75, 3.05) is 49.6 Å². The number of rotatable bonds is 5. The van der Waals surface area contributed by atoms with E-state index < -0.39 is 9.34 Å². The van der Waals surface area contributed by atoms with E-state index in [1.54, 1.807) is 11.1 Å². The number of morpholine rings is 1. The summed E-state index contributed by atoms with van der Waals surface area (Å²) in [7, 11) is 0. The third kappa shape index (κ3) is 4.56. The molecular weight excluding hydrogens is 591 g/mol. The first kappa shape index (κ1) is 24.8. The minimum atomic E-state index is -2.73. The monoisotopic (exact) mass is 621 g/mol. The van der Waals surface area contributed by atoms with Gasteiger partial charge in [0, 0.05) is 61.4 Å². The van der Waals surface area contributed by atoms with Gasteiger partial charge in [-0.05, 0) is 84.0 Å². The molecule has 2 saturated heterocycles. The van der Waals surface area contributed by atoms with E-state index in [1.807, 2.05) is 28.8 Å². The van der Waals surface area contributed by atoms with Crippen LogP contribution in [0.1, 0.15) is 24.8 Å². The smallest absolute Gasteiger partial charge is 0.321 e. The molecule has 1 saturated carbocycles. The predicted octanol–water partition coefficient (Wildman–Crippen LogP) is 5.81. The van der Waals surface area contributed by atoms with Crippen molar-refractivity contribution in [3.05, 3.63) is 48.4 Å². The fourth-order valence-electron chi connectivity index (χ4n) is 5.87. The van der Waals surface area contributed by atoms with Gasteiger partial charge in [-0.15, -0.1) is 0 Å². The molecular formula is C27H30F2IN5O2. The lowest BCUT2D eigenvalue weighted by Crippen LogP contribution is -2.36. The Balaban J connectivity index is 1.23. The third-order valence-corrected chi connectivity index (χ3v) is 9.30. The Morgan fingerprint density at radius 2 is 2.00 bits per heavy atom. The van der Waals surface area contributed by atoms with Gasteiger partial charge in [-0.25, -0.2) is 9.78 Å². The lowest BCUT2D eigenvalue weighted by atomic mass is 9.88. The summed E-state index contributed by atoms with van der Waals surface area (Å²) < 4.78 is 33.3. The number of likely N-dealkylation sites (tertiary alicyclic amines) is 1. The number of imidazole rings is 1. The Morgan fingerprint density at radius 1 is 1.22 bits per heavy atom. The average Bonchev–Trinajstić information content (AvgIpc) is 3.33. The van der Waals surface area contributed by atoms with Crippen molar-refractivity contribution in [3.8, 4) is 11.1 Å². The van der Waals surface area contributed by atoms with Crippen LogP contribution >= 0.6 is 22.6 Å². The number of nitrogens with zero attached hydrogens (tertiary/aromatic N) is 4. The van der Waals surface area contributed by atoms with Gasteiger partial charge < -0.3 is 24.3 Å². The molecule has 0 spiro atoms. The number of halogens is 3. The number of aromatic nitrogens is 2. The molecule has 7 nitrogen and oxygen atoms in total. The van der Waals surface area contributed by atoms with E-state index in [2.05, 4.69) is 34.4 Å². The maximum absolute atomic E-state index is 14.2. The zero-order valence-corrected chi connectivity index (χ0v) is 22.9. The number of hydrogen-bond donors (Lipinski definition) is 1. The molecule has 4 heterocycles. The molecule has 2 amide bonds. The van der Waals surface area contributed by atoms with E-state index in [4.69, 9.17) is 4.74 Å². The summed E-state index contributed by atoms with van der Waals surface area (Å²) in [5.74, 6) is -0.153. The van der Waals surface area contributed by atoms with E-state index in [1.165, 1.54) is 22.6 Å². The van der Waals surface area contributed by atoms with Crippen LogP contribution in [0.25, 0.3) is 16.8 Å². The highest BCUT2D eigenvalue weighted by Crippen LogP contribution is 2.65. The number of pyridine rings is 1. The molecule has 3 fully saturated rings. The van der Waals surface area contributed by atoms with Gasteiger partial charge in [-0.3, -0.25) is 0 Å². The van der Waals surface area contributed by atoms with Gasteiger partial charge in [0.1, 0.15) is 0 Å². The number of nitrogens with one attached hydrogen (secondary N) is 1. The molecule has 10 heteroatoms. The zero-order chi connectivity index (χ0) is 25.8. The van der Waals surface area contributed by atoms with Gasteiger partial charge in [-0.2, -0.15) is 8.78 Å². The number of ether oxygens (including phenoxy) is 1. The van der Waals surface area contributed by atoms with Gasteiger partial charge >= 0.3 is 9.96 Å². The number of benzene rings is 1. The van der Waals surface area contributed by atoms with Crippen LogP contribution in [0.15, 0.2) is 42.9 Å². The number of anilines is 2. The minimum absolute atomic E-state index is 0.153. The Hall–Kier alpha value is -2.47. The lowest BCUT2D eigenvalue weighted by molar-refractivity contribution is 0.00988. The normalized spacial score (nSPS) is 21.5. The highest BCUT2D eigenvalue weighted by atomic mass is 127. The maximum Gasteiger partial charge on any atom is 0.321 e. The van der Waals surface area contributed by atoms with E-state index >= 15 is 0 Å². The predicted molar refractivity (Wildman–Crippen MR) is 148 cm³/mol. The SMILES string of the molecule is Cc1ccc(NC(=O)N2CCC(C3(C(F)(F)I)CC3)C2)cc1-c1cc(N2CCOCC2)c2nccn2c1. The molecule has 6 rings (SSSR count). The highest BCUT2D eigenvalue weighted by Gasteiger charge is 2.65. The summed E-state index contributed by atoms with van der Waals surface area (Å²) in [5, 5.41) is 3.01. The van der Waals surface area contributed by atoms with Gasteiger partial charge in [0.15, 0.2) is 5.65 Å². The first-order valence-electron chi connectivity index (χ1n) is 12.8. The fraction of sp³-hybridized carbons (Fsp3) is 0.481. The second-order valence-electron chi connectivity index (χ2n) is 10.4. The molecule has 2 aromatic heterocycles. The second-order valence-corrected chi connectivity index (χ2v) is 11.8. The Bertz CT molecular complexity index is 1330. The molecule has 2 aliphatic heterocycles. The van der Waals surface area contributed by atoms with Crippen LogP contribution in [0.5, 0.6) is 0 Å². The van der Waals surface area contributed by atoms with Crippen molar-refractivity contribution in [3.63, 3.8) is 0 Å². The van der Waals surface area contributed by atoms with Crippen molar-refractivity contribution >= 4 is 45.6 Å². The molecule has 0 bridgehead atoms. The molecule has 196 valence electrons. The first-order valence-corrected chi connectivity index (χ1v) is 13.9. The van der Waals surface area contributed by atoms with Gasteiger partial charge in [0.2, 0.25) is 0 Å². The Kier molecular flexibility index (Phi) is 6.29. The standard InChI is InChI=1S/C27H30F2IN5O2/c1-18-2-3-21(32-25(36)35-8-4-20(17-35)26(5-6-26)27(28,29)30)15-22(18)19-14-23(33-10-12-37-13-11-33)24-31-7-9-34(24)16-19/h2-3,7,9,14-16,20H,4-6,8,10-13,17H2,1H3,(H,32,36). The van der Waals surface area contributed by atoms with Crippen molar-refractivity contribution in [1.29, 1.82) is 0 Å². The minimum Gasteiger partial charge on any atom is -0.378 e. The topological polar surface area (TPSA) is 62.1 Å². The van der Waals surface area contributed by atoms with Crippen molar-refractivity contribution in [2.24, 2.45) is 11.3 Å². The van der Waals surface area contributed by atoms with Gasteiger partial charge in [0.25, 0.3) is 0 Å². The van der Waals surface area contributed by atoms with Crippen molar-refractivity contribution in [1.82, 2.24) is 14.3 Å². The summed E-state index contributed by atoms with van der Waals surface area (Å²) >= 11 is 1.28. The number of amides is 2. The zero-order valence-electron chi connectivity index (χ0n) is 20.7.